The van der Waals surface area contributed by atoms with Crippen LogP contribution in [0.3, 0.4) is 0 Å². The van der Waals surface area contributed by atoms with Crippen molar-refractivity contribution in [3.63, 3.8) is 0 Å². The molecule has 144 valence electrons. The van der Waals surface area contributed by atoms with Gasteiger partial charge in [0, 0.05) is 18.7 Å². The van der Waals surface area contributed by atoms with Gasteiger partial charge in [0.2, 0.25) is 10.0 Å². The normalized spacial score (nSPS) is 16.4. The van der Waals surface area contributed by atoms with Crippen molar-refractivity contribution in [2.24, 2.45) is 5.92 Å². The van der Waals surface area contributed by atoms with Crippen molar-refractivity contribution < 1.29 is 22.7 Å². The van der Waals surface area contributed by atoms with Gasteiger partial charge in [-0.2, -0.15) is 0 Å². The van der Waals surface area contributed by atoms with Gasteiger partial charge in [0.05, 0.1) is 11.7 Å². The molecule has 1 aromatic carbocycles. The van der Waals surface area contributed by atoms with Gasteiger partial charge in [0.1, 0.15) is 0 Å². The van der Waals surface area contributed by atoms with Crippen LogP contribution in [0.2, 0.25) is 0 Å². The first-order valence-corrected chi connectivity index (χ1v) is 10.7. The van der Waals surface area contributed by atoms with E-state index in [-0.39, 0.29) is 24.1 Å². The number of benzene rings is 1. The van der Waals surface area contributed by atoms with Gasteiger partial charge in [-0.05, 0) is 31.7 Å². The highest BCUT2D eigenvalue weighted by molar-refractivity contribution is 7.89. The molecule has 0 atom stereocenters. The molecule has 0 unspecified atom stereocenters. The third-order valence-electron chi connectivity index (χ3n) is 4.71. The quantitative estimate of drug-likeness (QED) is 0.510. The van der Waals surface area contributed by atoms with Crippen molar-refractivity contribution >= 4 is 21.8 Å². The highest BCUT2D eigenvalue weighted by atomic mass is 32.2. The molecule has 1 aromatic rings. The molecule has 0 bridgehead atoms. The number of carbonyl (C=O) groups excluding carboxylic acids is 2. The number of ketones is 1. The molecule has 0 aromatic heterocycles. The summed E-state index contributed by atoms with van der Waals surface area (Å²) in [5, 5.41) is 0. The lowest BCUT2D eigenvalue weighted by Crippen LogP contribution is -2.41. The molecule has 0 aliphatic carbocycles. The van der Waals surface area contributed by atoms with Crippen LogP contribution in [-0.2, 0) is 26.0 Å². The zero-order valence-electron chi connectivity index (χ0n) is 15.4. The molecular formula is C19H27NO5S. The summed E-state index contributed by atoms with van der Waals surface area (Å²) in [5.41, 5.74) is 1.70. The number of Topliss-reactive ketones (excluding diaryl/α,β-unsaturated/α-hetero) is 1. The monoisotopic (exact) mass is 381 g/mol. The Morgan fingerprint density at radius 1 is 1.12 bits per heavy atom. The van der Waals surface area contributed by atoms with Crippen LogP contribution in [0.25, 0.3) is 0 Å². The molecule has 26 heavy (non-hydrogen) atoms. The van der Waals surface area contributed by atoms with Gasteiger partial charge in [-0.3, -0.25) is 9.59 Å². The number of hydrogen-bond donors (Lipinski definition) is 0. The average Bonchev–Trinajstić information content (AvgIpc) is 2.66. The fourth-order valence-electron chi connectivity index (χ4n) is 3.04. The van der Waals surface area contributed by atoms with Crippen molar-refractivity contribution in [1.82, 2.24) is 4.31 Å². The summed E-state index contributed by atoms with van der Waals surface area (Å²) in [4.78, 5) is 24.3. The SMILES string of the molecule is CCCc1ccc(C(=O)COC(=O)C2CCN(S(=O)(=O)CC)CC2)cc1. The number of rotatable bonds is 8. The lowest BCUT2D eigenvalue weighted by molar-refractivity contribution is -0.148. The summed E-state index contributed by atoms with van der Waals surface area (Å²) in [7, 11) is -3.21. The van der Waals surface area contributed by atoms with Gasteiger partial charge in [-0.15, -0.1) is 0 Å². The molecular weight excluding hydrogens is 354 g/mol. The molecule has 1 aliphatic heterocycles. The Morgan fingerprint density at radius 2 is 1.73 bits per heavy atom. The summed E-state index contributed by atoms with van der Waals surface area (Å²) in [6.07, 6.45) is 2.87. The summed E-state index contributed by atoms with van der Waals surface area (Å²) < 4.78 is 30.2. The predicted octanol–water partition coefficient (Wildman–Crippen LogP) is 2.43. The molecule has 6 nitrogen and oxygen atoms in total. The van der Waals surface area contributed by atoms with E-state index in [2.05, 4.69) is 6.92 Å². The third-order valence-corrected chi connectivity index (χ3v) is 6.59. The van der Waals surface area contributed by atoms with Crippen molar-refractivity contribution in [2.45, 2.75) is 39.5 Å². The smallest absolute Gasteiger partial charge is 0.309 e. The average molecular weight is 381 g/mol. The number of nitrogens with zero attached hydrogens (tertiary/aromatic N) is 1. The lowest BCUT2D eigenvalue weighted by Gasteiger charge is -2.29. The minimum Gasteiger partial charge on any atom is -0.457 e. The van der Waals surface area contributed by atoms with Crippen molar-refractivity contribution in [3.8, 4) is 0 Å². The van der Waals surface area contributed by atoms with E-state index in [4.69, 9.17) is 4.74 Å². The van der Waals surface area contributed by atoms with Crippen LogP contribution in [-0.4, -0.2) is 49.9 Å². The van der Waals surface area contributed by atoms with Crippen molar-refractivity contribution in [2.75, 3.05) is 25.4 Å². The predicted molar refractivity (Wildman–Crippen MR) is 99.5 cm³/mol. The van der Waals surface area contributed by atoms with Crippen molar-refractivity contribution in [3.05, 3.63) is 35.4 Å². The zero-order chi connectivity index (χ0) is 19.2. The van der Waals surface area contributed by atoms with Crippen LogP contribution < -0.4 is 0 Å². The van der Waals surface area contributed by atoms with E-state index >= 15 is 0 Å². The van der Waals surface area contributed by atoms with Gasteiger partial charge in [0.25, 0.3) is 0 Å². The number of carbonyl (C=O) groups is 2. The van der Waals surface area contributed by atoms with Crippen LogP contribution in [0.5, 0.6) is 0 Å². The second kappa shape index (κ2) is 9.28. The molecule has 0 amide bonds. The summed E-state index contributed by atoms with van der Waals surface area (Å²) in [5.74, 6) is -0.937. The van der Waals surface area contributed by atoms with E-state index < -0.39 is 16.0 Å². The van der Waals surface area contributed by atoms with Crippen LogP contribution in [0.1, 0.15) is 49.0 Å². The zero-order valence-corrected chi connectivity index (χ0v) is 16.3. The minimum atomic E-state index is -3.21. The van der Waals surface area contributed by atoms with Gasteiger partial charge >= 0.3 is 5.97 Å². The number of aryl methyl sites for hydroxylation is 1. The molecule has 1 saturated heterocycles. The third kappa shape index (κ3) is 5.38. The van der Waals surface area contributed by atoms with Gasteiger partial charge in [0.15, 0.2) is 12.4 Å². The maximum Gasteiger partial charge on any atom is 0.309 e. The second-order valence-electron chi connectivity index (χ2n) is 6.55. The Bertz CT molecular complexity index is 719. The number of hydrogen-bond acceptors (Lipinski definition) is 5. The maximum atomic E-state index is 12.2. The van der Waals surface area contributed by atoms with Gasteiger partial charge in [-0.25, -0.2) is 12.7 Å². The molecule has 2 rings (SSSR count). The van der Waals surface area contributed by atoms with E-state index in [1.165, 1.54) is 9.87 Å². The number of sulfonamides is 1. The van der Waals surface area contributed by atoms with Crippen LogP contribution in [0.4, 0.5) is 0 Å². The standard InChI is InChI=1S/C19H27NO5S/c1-3-5-15-6-8-16(9-7-15)18(21)14-25-19(22)17-10-12-20(13-11-17)26(23,24)4-2/h6-9,17H,3-5,10-14H2,1-2H3. The second-order valence-corrected chi connectivity index (χ2v) is 8.81. The van der Waals surface area contributed by atoms with Crippen LogP contribution in [0.15, 0.2) is 24.3 Å². The van der Waals surface area contributed by atoms with E-state index in [0.29, 0.717) is 31.5 Å². The molecule has 1 fully saturated rings. The number of ether oxygens (including phenoxy) is 1. The number of piperidine rings is 1. The van der Waals surface area contributed by atoms with Gasteiger partial charge in [-0.1, -0.05) is 37.6 Å². The first kappa shape index (κ1) is 20.6. The minimum absolute atomic E-state index is 0.0632. The summed E-state index contributed by atoms with van der Waals surface area (Å²) in [6, 6.07) is 7.36. The Morgan fingerprint density at radius 3 is 2.27 bits per heavy atom. The molecule has 1 heterocycles. The summed E-state index contributed by atoms with van der Waals surface area (Å²) in [6.45, 7) is 4.07. The Kier molecular flexibility index (Phi) is 7.34. The van der Waals surface area contributed by atoms with Crippen molar-refractivity contribution in [1.29, 1.82) is 0 Å². The molecule has 0 spiro atoms. The fourth-order valence-corrected chi connectivity index (χ4v) is 4.17. The summed E-state index contributed by atoms with van der Waals surface area (Å²) >= 11 is 0. The Balaban J connectivity index is 1.81. The van der Waals surface area contributed by atoms with Crippen LogP contribution in [0, 0.1) is 5.92 Å². The highest BCUT2D eigenvalue weighted by Crippen LogP contribution is 2.21. The molecule has 1 aliphatic rings. The van der Waals surface area contributed by atoms with Crippen LogP contribution >= 0.6 is 0 Å². The van der Waals surface area contributed by atoms with Gasteiger partial charge < -0.3 is 4.74 Å². The number of esters is 1. The largest absolute Gasteiger partial charge is 0.457 e. The maximum absolute atomic E-state index is 12.2. The first-order valence-electron chi connectivity index (χ1n) is 9.14. The van der Waals surface area contributed by atoms with E-state index in [9.17, 15) is 18.0 Å². The molecule has 0 N–H and O–H groups in total. The van der Waals surface area contributed by atoms with E-state index in [1.54, 1.807) is 19.1 Å². The highest BCUT2D eigenvalue weighted by Gasteiger charge is 2.31. The Labute approximate surface area is 155 Å². The molecule has 0 saturated carbocycles. The Hall–Kier alpha value is -1.73. The topological polar surface area (TPSA) is 80.8 Å². The molecule has 0 radical (unpaired) electrons. The molecule has 7 heteroatoms. The lowest BCUT2D eigenvalue weighted by atomic mass is 9.98. The first-order chi connectivity index (χ1) is 12.4. The van der Waals surface area contributed by atoms with E-state index in [1.807, 2.05) is 12.1 Å². The fraction of sp³-hybridized carbons (Fsp3) is 0.579. The van der Waals surface area contributed by atoms with E-state index in [0.717, 1.165) is 12.8 Å².